The Morgan fingerprint density at radius 1 is 1.04 bits per heavy atom. The number of amidine groups is 1. The lowest BCUT2D eigenvalue weighted by atomic mass is 10.2. The normalized spacial score (nSPS) is 11.9. The second-order valence-corrected chi connectivity index (χ2v) is 4.86. The number of oxime groups is 1. The van der Waals surface area contributed by atoms with Gasteiger partial charge in [0.1, 0.15) is 11.5 Å². The molecule has 3 aromatic rings. The smallest absolute Gasteiger partial charge is 0.171 e. The van der Waals surface area contributed by atoms with Crippen LogP contribution in [0.4, 0.5) is 0 Å². The summed E-state index contributed by atoms with van der Waals surface area (Å²) in [6, 6.07) is 17.2. The van der Waals surface area contributed by atoms with Crippen molar-refractivity contribution in [2.24, 2.45) is 10.9 Å². The van der Waals surface area contributed by atoms with E-state index in [4.69, 9.17) is 15.4 Å². The molecule has 0 saturated carbocycles. The third-order valence-corrected chi connectivity index (χ3v) is 3.29. The lowest BCUT2D eigenvalue weighted by Crippen LogP contribution is -2.13. The second-order valence-electron chi connectivity index (χ2n) is 4.86. The Morgan fingerprint density at radius 2 is 1.87 bits per heavy atom. The van der Waals surface area contributed by atoms with Crippen molar-refractivity contribution in [1.82, 2.24) is 4.98 Å². The zero-order valence-corrected chi connectivity index (χ0v) is 12.3. The van der Waals surface area contributed by atoms with Gasteiger partial charge in [-0.25, -0.2) is 0 Å². The van der Waals surface area contributed by atoms with Gasteiger partial charge in [0.25, 0.3) is 0 Å². The first kappa shape index (κ1) is 14.6. The average Bonchev–Trinajstić information content (AvgIpc) is 3.09. The summed E-state index contributed by atoms with van der Waals surface area (Å²) in [4.78, 5) is 4.26. The Morgan fingerprint density at radius 3 is 2.57 bits per heavy atom. The number of hydrogen-bond donors (Lipinski definition) is 2. The molecule has 0 fully saturated rings. The molecular formula is C18H15N3O2. The maximum absolute atomic E-state index is 8.64. The van der Waals surface area contributed by atoms with Crippen molar-refractivity contribution in [3.8, 4) is 11.5 Å². The summed E-state index contributed by atoms with van der Waals surface area (Å²) in [5.74, 6) is 1.42. The summed E-state index contributed by atoms with van der Waals surface area (Å²) in [7, 11) is 0. The fourth-order valence-corrected chi connectivity index (χ4v) is 2.07. The molecule has 0 amide bonds. The number of furan rings is 1. The largest absolute Gasteiger partial charge is 0.455 e. The van der Waals surface area contributed by atoms with E-state index >= 15 is 0 Å². The number of benzene rings is 1. The Kier molecular flexibility index (Phi) is 4.20. The predicted octanol–water partition coefficient (Wildman–Crippen LogP) is 3.61. The van der Waals surface area contributed by atoms with Crippen molar-refractivity contribution < 1.29 is 9.62 Å². The summed E-state index contributed by atoms with van der Waals surface area (Å²) in [6.07, 6.45) is 5.42. The molecule has 5 heteroatoms. The fourth-order valence-electron chi connectivity index (χ4n) is 2.07. The van der Waals surface area contributed by atoms with Crippen LogP contribution >= 0.6 is 0 Å². The lowest BCUT2D eigenvalue weighted by Gasteiger charge is -1.99. The first-order chi connectivity index (χ1) is 11.3. The minimum atomic E-state index is 0.0231. The molecule has 0 aliphatic rings. The van der Waals surface area contributed by atoms with Crippen LogP contribution < -0.4 is 5.73 Å². The highest BCUT2D eigenvalue weighted by atomic mass is 16.4. The van der Waals surface area contributed by atoms with Crippen molar-refractivity contribution in [3.05, 3.63) is 77.7 Å². The van der Waals surface area contributed by atoms with E-state index in [9.17, 15) is 0 Å². The summed E-state index contributed by atoms with van der Waals surface area (Å²) in [6.45, 7) is 0. The van der Waals surface area contributed by atoms with E-state index in [0.29, 0.717) is 17.0 Å². The van der Waals surface area contributed by atoms with Gasteiger partial charge in [0.2, 0.25) is 0 Å². The van der Waals surface area contributed by atoms with E-state index in [1.165, 1.54) is 6.20 Å². The predicted molar refractivity (Wildman–Crippen MR) is 89.8 cm³/mol. The van der Waals surface area contributed by atoms with Gasteiger partial charge in [-0.1, -0.05) is 41.6 Å². The lowest BCUT2D eigenvalue weighted by molar-refractivity contribution is 0.318. The summed E-state index contributed by atoms with van der Waals surface area (Å²) in [5, 5.41) is 11.6. The van der Waals surface area contributed by atoms with Crippen LogP contribution in [0.1, 0.15) is 16.9 Å². The Balaban J connectivity index is 1.78. The summed E-state index contributed by atoms with van der Waals surface area (Å²) >= 11 is 0. The summed E-state index contributed by atoms with van der Waals surface area (Å²) in [5.41, 5.74) is 7.84. The fraction of sp³-hybridized carbons (Fsp3) is 0. The van der Waals surface area contributed by atoms with E-state index in [-0.39, 0.29) is 5.84 Å². The highest BCUT2D eigenvalue weighted by Gasteiger charge is 2.06. The van der Waals surface area contributed by atoms with Gasteiger partial charge in [-0.05, 0) is 35.9 Å². The Bertz CT molecular complexity index is 834. The second kappa shape index (κ2) is 6.62. The van der Waals surface area contributed by atoms with Gasteiger partial charge in [0.15, 0.2) is 11.6 Å². The van der Waals surface area contributed by atoms with Crippen molar-refractivity contribution in [2.45, 2.75) is 0 Å². The van der Waals surface area contributed by atoms with E-state index in [1.807, 2.05) is 54.6 Å². The molecule has 0 spiro atoms. The minimum absolute atomic E-state index is 0.0231. The van der Waals surface area contributed by atoms with Gasteiger partial charge < -0.3 is 15.4 Å². The van der Waals surface area contributed by atoms with Gasteiger partial charge in [-0.15, -0.1) is 0 Å². The molecule has 0 radical (unpaired) electrons. The van der Waals surface area contributed by atoms with Crippen molar-refractivity contribution in [1.29, 1.82) is 0 Å². The van der Waals surface area contributed by atoms with Gasteiger partial charge in [-0.3, -0.25) is 4.98 Å². The van der Waals surface area contributed by atoms with Crippen LogP contribution in [0.15, 0.2) is 70.4 Å². The Labute approximate surface area is 133 Å². The molecule has 2 aromatic heterocycles. The third-order valence-electron chi connectivity index (χ3n) is 3.29. The van der Waals surface area contributed by atoms with Crippen LogP contribution in [0.5, 0.6) is 0 Å². The van der Waals surface area contributed by atoms with E-state index < -0.39 is 0 Å². The monoisotopic (exact) mass is 305 g/mol. The molecule has 0 unspecified atom stereocenters. The molecule has 0 bridgehead atoms. The molecule has 0 saturated heterocycles. The zero-order valence-electron chi connectivity index (χ0n) is 12.3. The van der Waals surface area contributed by atoms with Crippen LogP contribution in [0.25, 0.3) is 23.6 Å². The van der Waals surface area contributed by atoms with Crippen LogP contribution in [0.3, 0.4) is 0 Å². The molecule has 23 heavy (non-hydrogen) atoms. The van der Waals surface area contributed by atoms with Crippen LogP contribution in [0, 0.1) is 0 Å². The number of pyridine rings is 1. The molecule has 3 N–H and O–H groups in total. The zero-order chi connectivity index (χ0) is 16.1. The molecule has 114 valence electrons. The van der Waals surface area contributed by atoms with Crippen LogP contribution in [-0.4, -0.2) is 16.0 Å². The van der Waals surface area contributed by atoms with Crippen molar-refractivity contribution in [3.63, 3.8) is 0 Å². The number of rotatable bonds is 4. The topological polar surface area (TPSA) is 84.6 Å². The first-order valence-corrected chi connectivity index (χ1v) is 7.03. The highest BCUT2D eigenvalue weighted by Crippen LogP contribution is 2.21. The van der Waals surface area contributed by atoms with Crippen molar-refractivity contribution in [2.75, 3.05) is 0 Å². The maximum Gasteiger partial charge on any atom is 0.171 e. The number of nitrogens with two attached hydrogens (primary N) is 1. The molecule has 0 aliphatic heterocycles. The number of nitrogens with zero attached hydrogens (tertiary/aromatic N) is 2. The molecule has 0 aliphatic carbocycles. The van der Waals surface area contributed by atoms with Crippen LogP contribution in [0.2, 0.25) is 0 Å². The Hall–Kier alpha value is -3.34. The summed E-state index contributed by atoms with van der Waals surface area (Å²) < 4.78 is 5.76. The van der Waals surface area contributed by atoms with Crippen molar-refractivity contribution >= 4 is 18.0 Å². The molecule has 2 heterocycles. The standard InChI is InChI=1S/C18H15N3O2/c19-18(21-22)14-7-10-16(20-12-14)17-11-9-15(23-17)8-6-13-4-2-1-3-5-13/h1-12,22H,(H2,19,21)/b8-6+. The van der Waals surface area contributed by atoms with Gasteiger partial charge in [0.05, 0.1) is 0 Å². The van der Waals surface area contributed by atoms with Gasteiger partial charge >= 0.3 is 0 Å². The van der Waals surface area contributed by atoms with E-state index in [2.05, 4.69) is 10.1 Å². The maximum atomic E-state index is 8.64. The number of aromatic nitrogens is 1. The average molecular weight is 305 g/mol. The molecule has 3 rings (SSSR count). The highest BCUT2D eigenvalue weighted by molar-refractivity contribution is 5.96. The third kappa shape index (κ3) is 3.47. The first-order valence-electron chi connectivity index (χ1n) is 7.03. The molecule has 5 nitrogen and oxygen atoms in total. The number of hydrogen-bond acceptors (Lipinski definition) is 4. The van der Waals surface area contributed by atoms with E-state index in [1.54, 1.807) is 12.1 Å². The SMILES string of the molecule is N/C(=N/O)c1ccc(-c2ccc(/C=C/c3ccccc3)o2)nc1. The quantitative estimate of drug-likeness (QED) is 0.334. The molecule has 0 atom stereocenters. The minimum Gasteiger partial charge on any atom is -0.455 e. The van der Waals surface area contributed by atoms with Gasteiger partial charge in [-0.2, -0.15) is 0 Å². The molecular weight excluding hydrogens is 290 g/mol. The van der Waals surface area contributed by atoms with Gasteiger partial charge in [0, 0.05) is 11.8 Å². The van der Waals surface area contributed by atoms with Crippen LogP contribution in [-0.2, 0) is 0 Å². The van der Waals surface area contributed by atoms with E-state index in [0.717, 1.165) is 11.3 Å². The molecule has 1 aromatic carbocycles.